The number of amides is 2. The van der Waals surface area contributed by atoms with Crippen molar-refractivity contribution >= 4 is 39.1 Å². The molecule has 2 aromatic rings. The number of halogens is 1. The van der Waals surface area contributed by atoms with Crippen LogP contribution in [0.2, 0.25) is 0 Å². The Bertz CT molecular complexity index is 821. The molecule has 7 nitrogen and oxygen atoms in total. The van der Waals surface area contributed by atoms with Crippen molar-refractivity contribution in [2.24, 2.45) is 0 Å². The molecule has 8 heteroatoms. The van der Waals surface area contributed by atoms with Crippen LogP contribution in [0, 0.1) is 17.0 Å². The van der Waals surface area contributed by atoms with E-state index < -0.39 is 10.8 Å². The molecule has 0 unspecified atom stereocenters. The standard InChI is InChI=1S/C17H16BrN3O4/c1-11-3-6-13(7-4-11)19-16(22)10-20(2)17(23)12-5-8-14(18)15(9-12)21(24)25/h3-9H,10H2,1-2H3,(H,19,22). The van der Waals surface area contributed by atoms with Crippen LogP contribution in [0.3, 0.4) is 0 Å². The second-order valence-corrected chi connectivity index (χ2v) is 6.35. The van der Waals surface area contributed by atoms with Gasteiger partial charge < -0.3 is 10.2 Å². The third-order valence-electron chi connectivity index (χ3n) is 3.45. The van der Waals surface area contributed by atoms with Gasteiger partial charge in [0.1, 0.15) is 0 Å². The molecule has 2 rings (SSSR count). The van der Waals surface area contributed by atoms with E-state index in [1.165, 1.54) is 30.1 Å². The monoisotopic (exact) mass is 405 g/mol. The van der Waals surface area contributed by atoms with Crippen LogP contribution >= 0.6 is 15.9 Å². The molecular weight excluding hydrogens is 390 g/mol. The van der Waals surface area contributed by atoms with Gasteiger partial charge in [-0.15, -0.1) is 0 Å². The summed E-state index contributed by atoms with van der Waals surface area (Å²) in [5, 5.41) is 13.7. The Morgan fingerprint density at radius 1 is 1.20 bits per heavy atom. The van der Waals surface area contributed by atoms with Crippen LogP contribution in [0.1, 0.15) is 15.9 Å². The summed E-state index contributed by atoms with van der Waals surface area (Å²) in [5.41, 5.74) is 1.64. The van der Waals surface area contributed by atoms with E-state index >= 15 is 0 Å². The smallest absolute Gasteiger partial charge is 0.284 e. The number of nitrogens with zero attached hydrogens (tertiary/aromatic N) is 2. The third-order valence-corrected chi connectivity index (χ3v) is 4.12. The lowest BCUT2D eigenvalue weighted by Crippen LogP contribution is -2.34. The lowest BCUT2D eigenvalue weighted by atomic mass is 10.2. The molecule has 0 bridgehead atoms. The molecule has 0 radical (unpaired) electrons. The molecule has 0 saturated heterocycles. The highest BCUT2D eigenvalue weighted by Crippen LogP contribution is 2.26. The van der Waals surface area contributed by atoms with Crippen LogP contribution in [-0.2, 0) is 4.79 Å². The Morgan fingerprint density at radius 2 is 1.84 bits per heavy atom. The molecular formula is C17H16BrN3O4. The lowest BCUT2D eigenvalue weighted by molar-refractivity contribution is -0.385. The SMILES string of the molecule is Cc1ccc(NC(=O)CN(C)C(=O)c2ccc(Br)c([N+](=O)[O-])c2)cc1. The number of benzene rings is 2. The number of carbonyl (C=O) groups is 2. The molecule has 0 aliphatic heterocycles. The maximum atomic E-state index is 12.4. The summed E-state index contributed by atoms with van der Waals surface area (Å²) in [6, 6.07) is 11.4. The Kier molecular flexibility index (Phi) is 5.87. The van der Waals surface area contributed by atoms with Crippen LogP contribution in [0.15, 0.2) is 46.9 Å². The number of carbonyl (C=O) groups excluding carboxylic acids is 2. The minimum atomic E-state index is -0.578. The van der Waals surface area contributed by atoms with Crippen LogP contribution < -0.4 is 5.32 Å². The zero-order valence-corrected chi connectivity index (χ0v) is 15.2. The number of likely N-dealkylation sites (N-methyl/N-ethyl adjacent to an activating group) is 1. The van der Waals surface area contributed by atoms with Gasteiger partial charge in [-0.3, -0.25) is 19.7 Å². The van der Waals surface area contributed by atoms with Gasteiger partial charge in [-0.2, -0.15) is 0 Å². The topological polar surface area (TPSA) is 92.6 Å². The molecule has 1 N–H and O–H groups in total. The van der Waals surface area contributed by atoms with Gasteiger partial charge >= 0.3 is 0 Å². The molecule has 25 heavy (non-hydrogen) atoms. The molecule has 0 aliphatic rings. The van der Waals surface area contributed by atoms with Gasteiger partial charge in [-0.05, 0) is 47.1 Å². The molecule has 0 aliphatic carbocycles. The van der Waals surface area contributed by atoms with Crippen LogP contribution in [0.25, 0.3) is 0 Å². The van der Waals surface area contributed by atoms with Crippen molar-refractivity contribution in [1.29, 1.82) is 0 Å². The summed E-state index contributed by atoms with van der Waals surface area (Å²) in [5.74, 6) is -0.832. The minimum absolute atomic E-state index is 0.139. The predicted octanol–water partition coefficient (Wildman–Crippen LogP) is 3.38. The highest BCUT2D eigenvalue weighted by atomic mass is 79.9. The maximum absolute atomic E-state index is 12.4. The maximum Gasteiger partial charge on any atom is 0.284 e. The lowest BCUT2D eigenvalue weighted by Gasteiger charge is -2.17. The summed E-state index contributed by atoms with van der Waals surface area (Å²) in [6.07, 6.45) is 0. The summed E-state index contributed by atoms with van der Waals surface area (Å²) in [4.78, 5) is 36.0. The fourth-order valence-electron chi connectivity index (χ4n) is 2.13. The van der Waals surface area contributed by atoms with Crippen molar-refractivity contribution in [3.8, 4) is 0 Å². The fraction of sp³-hybridized carbons (Fsp3) is 0.176. The number of nitro groups is 1. The van der Waals surface area contributed by atoms with E-state index in [0.29, 0.717) is 5.69 Å². The highest BCUT2D eigenvalue weighted by Gasteiger charge is 2.19. The summed E-state index contributed by atoms with van der Waals surface area (Å²) in [7, 11) is 1.46. The number of aryl methyl sites for hydroxylation is 1. The molecule has 0 saturated carbocycles. The van der Waals surface area contributed by atoms with E-state index in [9.17, 15) is 19.7 Å². The minimum Gasteiger partial charge on any atom is -0.332 e. The van der Waals surface area contributed by atoms with Crippen molar-refractivity contribution in [2.75, 3.05) is 18.9 Å². The van der Waals surface area contributed by atoms with Crippen molar-refractivity contribution < 1.29 is 14.5 Å². The molecule has 0 fully saturated rings. The molecule has 0 spiro atoms. The normalized spacial score (nSPS) is 10.2. The number of nitro benzene ring substituents is 1. The van der Waals surface area contributed by atoms with E-state index in [4.69, 9.17) is 0 Å². The predicted molar refractivity (Wildman–Crippen MR) is 97.6 cm³/mol. The van der Waals surface area contributed by atoms with Crippen LogP contribution in [0.4, 0.5) is 11.4 Å². The first-order chi connectivity index (χ1) is 11.8. The summed E-state index contributed by atoms with van der Waals surface area (Å²) >= 11 is 3.07. The van der Waals surface area contributed by atoms with Gasteiger partial charge in [0.05, 0.1) is 15.9 Å². The molecule has 2 amide bonds. The van der Waals surface area contributed by atoms with Crippen molar-refractivity contribution in [3.05, 3.63) is 68.2 Å². The Hall–Kier alpha value is -2.74. The van der Waals surface area contributed by atoms with Gasteiger partial charge in [-0.25, -0.2) is 0 Å². The molecule has 0 aromatic heterocycles. The Morgan fingerprint density at radius 3 is 2.44 bits per heavy atom. The quantitative estimate of drug-likeness (QED) is 0.609. The number of hydrogen-bond acceptors (Lipinski definition) is 4. The van der Waals surface area contributed by atoms with Crippen molar-refractivity contribution in [2.45, 2.75) is 6.92 Å². The van der Waals surface area contributed by atoms with Crippen molar-refractivity contribution in [1.82, 2.24) is 4.90 Å². The zero-order valence-electron chi connectivity index (χ0n) is 13.7. The zero-order chi connectivity index (χ0) is 18.6. The molecule has 130 valence electrons. The summed E-state index contributed by atoms with van der Waals surface area (Å²) < 4.78 is 0.286. The molecule has 2 aromatic carbocycles. The summed E-state index contributed by atoms with van der Waals surface area (Å²) in [6.45, 7) is 1.77. The van der Waals surface area contributed by atoms with Crippen LogP contribution in [0.5, 0.6) is 0 Å². The first-order valence-electron chi connectivity index (χ1n) is 7.34. The van der Waals surface area contributed by atoms with E-state index in [2.05, 4.69) is 21.2 Å². The average Bonchev–Trinajstić information content (AvgIpc) is 2.56. The molecule has 0 atom stereocenters. The van der Waals surface area contributed by atoms with Gasteiger partial charge in [0, 0.05) is 24.4 Å². The van der Waals surface area contributed by atoms with Gasteiger partial charge in [0.15, 0.2) is 0 Å². The van der Waals surface area contributed by atoms with Gasteiger partial charge in [-0.1, -0.05) is 17.7 Å². The Labute approximate surface area is 152 Å². The fourth-order valence-corrected chi connectivity index (χ4v) is 2.52. The first-order valence-corrected chi connectivity index (χ1v) is 8.13. The second-order valence-electron chi connectivity index (χ2n) is 5.50. The van der Waals surface area contributed by atoms with Gasteiger partial charge in [0.25, 0.3) is 11.6 Å². The second kappa shape index (κ2) is 7.89. The Balaban J connectivity index is 2.04. The van der Waals surface area contributed by atoms with E-state index in [1.54, 1.807) is 12.1 Å². The number of nitrogens with one attached hydrogen (secondary N) is 1. The first kappa shape index (κ1) is 18.6. The largest absolute Gasteiger partial charge is 0.332 e. The number of hydrogen-bond donors (Lipinski definition) is 1. The average molecular weight is 406 g/mol. The van der Waals surface area contributed by atoms with E-state index in [0.717, 1.165) is 5.56 Å². The molecule has 0 heterocycles. The number of anilines is 1. The van der Waals surface area contributed by atoms with Crippen molar-refractivity contribution in [3.63, 3.8) is 0 Å². The highest BCUT2D eigenvalue weighted by molar-refractivity contribution is 9.10. The third kappa shape index (κ3) is 4.87. The number of rotatable bonds is 5. The van der Waals surface area contributed by atoms with Crippen LogP contribution in [-0.4, -0.2) is 35.2 Å². The van der Waals surface area contributed by atoms with E-state index in [1.807, 2.05) is 19.1 Å². The van der Waals surface area contributed by atoms with Gasteiger partial charge in [0.2, 0.25) is 5.91 Å². The van der Waals surface area contributed by atoms with E-state index in [-0.39, 0.29) is 28.2 Å².